The molecule has 0 aromatic heterocycles. The maximum Gasteiger partial charge on any atom is 0.321 e. The molecule has 0 saturated heterocycles. The van der Waals surface area contributed by atoms with Gasteiger partial charge in [-0.1, -0.05) is 6.07 Å². The Bertz CT molecular complexity index is 451. The molecule has 19 heavy (non-hydrogen) atoms. The first kappa shape index (κ1) is 15.4. The highest BCUT2D eigenvalue weighted by molar-refractivity contribution is 8.00. The second-order valence-electron chi connectivity index (χ2n) is 3.79. The van der Waals surface area contributed by atoms with E-state index in [0.717, 1.165) is 10.6 Å². The monoisotopic (exact) mass is 282 g/mol. The predicted octanol–water partition coefficient (Wildman–Crippen LogP) is 2.02. The fraction of sp³-hybridized carbons (Fsp3) is 0.385. The van der Waals surface area contributed by atoms with Crippen LogP contribution < -0.4 is 15.4 Å². The van der Waals surface area contributed by atoms with E-state index in [1.54, 1.807) is 21.0 Å². The molecule has 1 aromatic carbocycles. The largest absolute Gasteiger partial charge is 0.497 e. The highest BCUT2D eigenvalue weighted by Gasteiger charge is 2.16. The molecule has 0 bridgehead atoms. The molecule has 0 aliphatic rings. The van der Waals surface area contributed by atoms with Gasteiger partial charge in [0.25, 0.3) is 0 Å². The van der Waals surface area contributed by atoms with Gasteiger partial charge in [-0.3, -0.25) is 10.1 Å². The molecule has 2 N–H and O–H groups in total. The van der Waals surface area contributed by atoms with Crippen LogP contribution >= 0.6 is 11.8 Å². The Morgan fingerprint density at radius 2 is 2.16 bits per heavy atom. The molecule has 0 saturated carbocycles. The summed E-state index contributed by atoms with van der Waals surface area (Å²) < 4.78 is 5.12. The summed E-state index contributed by atoms with van der Waals surface area (Å²) in [5.41, 5.74) is 0. The van der Waals surface area contributed by atoms with E-state index in [2.05, 4.69) is 10.6 Å². The van der Waals surface area contributed by atoms with Crippen molar-refractivity contribution in [1.82, 2.24) is 10.6 Å². The quantitative estimate of drug-likeness (QED) is 0.811. The molecule has 5 nitrogen and oxygen atoms in total. The van der Waals surface area contributed by atoms with Crippen molar-refractivity contribution in [3.8, 4) is 5.75 Å². The minimum atomic E-state index is -0.467. The molecule has 3 amide bonds. The predicted molar refractivity (Wildman–Crippen MR) is 75.5 cm³/mol. The number of thioether (sulfide) groups is 1. The van der Waals surface area contributed by atoms with Gasteiger partial charge in [0, 0.05) is 11.4 Å². The molecule has 0 fully saturated rings. The molecule has 0 heterocycles. The number of urea groups is 1. The number of imide groups is 1. The molecule has 1 aromatic rings. The lowest BCUT2D eigenvalue weighted by Gasteiger charge is -2.12. The number of carbonyl (C=O) groups excluding carboxylic acids is 2. The van der Waals surface area contributed by atoms with Crippen LogP contribution in [0.3, 0.4) is 0 Å². The van der Waals surface area contributed by atoms with Gasteiger partial charge in [0.15, 0.2) is 0 Å². The average Bonchev–Trinajstić information content (AvgIpc) is 2.39. The van der Waals surface area contributed by atoms with E-state index in [-0.39, 0.29) is 11.2 Å². The number of amides is 3. The topological polar surface area (TPSA) is 67.4 Å². The van der Waals surface area contributed by atoms with Crippen LogP contribution in [0.25, 0.3) is 0 Å². The fourth-order valence-corrected chi connectivity index (χ4v) is 2.27. The van der Waals surface area contributed by atoms with Crippen molar-refractivity contribution in [1.29, 1.82) is 0 Å². The van der Waals surface area contributed by atoms with Crippen LogP contribution in [-0.4, -0.2) is 30.8 Å². The van der Waals surface area contributed by atoms with Crippen LogP contribution in [0.15, 0.2) is 29.2 Å². The summed E-state index contributed by atoms with van der Waals surface area (Å²) in [7, 11) is 1.59. The number of nitrogens with one attached hydrogen (secondary N) is 2. The highest BCUT2D eigenvalue weighted by atomic mass is 32.2. The first-order valence-electron chi connectivity index (χ1n) is 5.96. The van der Waals surface area contributed by atoms with Gasteiger partial charge in [-0.15, -0.1) is 11.8 Å². The second kappa shape index (κ2) is 7.68. The van der Waals surface area contributed by atoms with Gasteiger partial charge in [-0.25, -0.2) is 4.79 Å². The van der Waals surface area contributed by atoms with E-state index in [9.17, 15) is 9.59 Å². The van der Waals surface area contributed by atoms with Crippen LogP contribution in [-0.2, 0) is 4.79 Å². The van der Waals surface area contributed by atoms with Crippen molar-refractivity contribution in [3.63, 3.8) is 0 Å². The first-order chi connectivity index (χ1) is 9.06. The average molecular weight is 282 g/mol. The maximum atomic E-state index is 11.8. The Hall–Kier alpha value is -1.69. The molecule has 1 rings (SSSR count). The SMILES string of the molecule is CCNC(=O)NC(=O)C(C)Sc1cccc(OC)c1. The lowest BCUT2D eigenvalue weighted by molar-refractivity contribution is -0.119. The molecule has 0 aliphatic heterocycles. The summed E-state index contributed by atoms with van der Waals surface area (Å²) >= 11 is 1.37. The van der Waals surface area contributed by atoms with Crippen molar-refractivity contribution in [2.45, 2.75) is 24.0 Å². The summed E-state index contributed by atoms with van der Waals surface area (Å²) in [6.45, 7) is 4.02. The minimum Gasteiger partial charge on any atom is -0.497 e. The van der Waals surface area contributed by atoms with Gasteiger partial charge < -0.3 is 10.1 Å². The third-order valence-electron chi connectivity index (χ3n) is 2.30. The van der Waals surface area contributed by atoms with E-state index in [0.29, 0.717) is 6.54 Å². The highest BCUT2D eigenvalue weighted by Crippen LogP contribution is 2.26. The number of ether oxygens (including phenoxy) is 1. The Labute approximate surface area is 117 Å². The van der Waals surface area contributed by atoms with E-state index in [4.69, 9.17) is 4.74 Å². The molecule has 104 valence electrons. The molecule has 0 spiro atoms. The van der Waals surface area contributed by atoms with E-state index in [1.165, 1.54) is 11.8 Å². The summed E-state index contributed by atoms with van der Waals surface area (Å²) in [6, 6.07) is 6.97. The number of methoxy groups -OCH3 is 1. The van der Waals surface area contributed by atoms with Gasteiger partial charge in [0.2, 0.25) is 5.91 Å². The normalized spacial score (nSPS) is 11.5. The minimum absolute atomic E-state index is 0.321. The smallest absolute Gasteiger partial charge is 0.321 e. The van der Waals surface area contributed by atoms with Gasteiger partial charge in [0.1, 0.15) is 5.75 Å². The van der Waals surface area contributed by atoms with Crippen molar-refractivity contribution in [2.24, 2.45) is 0 Å². The zero-order valence-electron chi connectivity index (χ0n) is 11.2. The van der Waals surface area contributed by atoms with Crippen LogP contribution in [0.2, 0.25) is 0 Å². The van der Waals surface area contributed by atoms with Crippen molar-refractivity contribution < 1.29 is 14.3 Å². The lowest BCUT2D eigenvalue weighted by atomic mass is 10.3. The second-order valence-corrected chi connectivity index (χ2v) is 5.20. The Morgan fingerprint density at radius 3 is 2.79 bits per heavy atom. The number of benzene rings is 1. The zero-order valence-corrected chi connectivity index (χ0v) is 12.0. The van der Waals surface area contributed by atoms with Crippen molar-refractivity contribution >= 4 is 23.7 Å². The maximum absolute atomic E-state index is 11.8. The number of hydrogen-bond donors (Lipinski definition) is 2. The van der Waals surface area contributed by atoms with Crippen LogP contribution in [0.4, 0.5) is 4.79 Å². The summed E-state index contributed by atoms with van der Waals surface area (Å²) in [5, 5.41) is 4.44. The Morgan fingerprint density at radius 1 is 1.42 bits per heavy atom. The molecular weight excluding hydrogens is 264 g/mol. The van der Waals surface area contributed by atoms with E-state index < -0.39 is 6.03 Å². The molecule has 0 aliphatic carbocycles. The molecule has 1 atom stereocenters. The Kier molecular flexibility index (Phi) is 6.21. The van der Waals surface area contributed by atoms with Gasteiger partial charge in [-0.05, 0) is 32.0 Å². The van der Waals surface area contributed by atoms with Crippen LogP contribution in [0.5, 0.6) is 5.75 Å². The summed E-state index contributed by atoms with van der Waals surface area (Å²) in [5.74, 6) is 0.417. The van der Waals surface area contributed by atoms with Crippen molar-refractivity contribution in [3.05, 3.63) is 24.3 Å². The molecular formula is C13H18N2O3S. The third kappa shape index (κ3) is 5.21. The van der Waals surface area contributed by atoms with Gasteiger partial charge in [-0.2, -0.15) is 0 Å². The van der Waals surface area contributed by atoms with Crippen LogP contribution in [0.1, 0.15) is 13.8 Å². The standard InChI is InChI=1S/C13H18N2O3S/c1-4-14-13(17)15-12(16)9(2)19-11-7-5-6-10(8-11)18-3/h5-9H,4H2,1-3H3,(H2,14,15,16,17). The summed E-state index contributed by atoms with van der Waals surface area (Å²) in [4.78, 5) is 23.9. The van der Waals surface area contributed by atoms with Gasteiger partial charge in [0.05, 0.1) is 12.4 Å². The van der Waals surface area contributed by atoms with Crippen molar-refractivity contribution in [2.75, 3.05) is 13.7 Å². The lowest BCUT2D eigenvalue weighted by Crippen LogP contribution is -2.42. The molecule has 1 unspecified atom stereocenters. The number of rotatable bonds is 5. The van der Waals surface area contributed by atoms with Crippen LogP contribution in [0, 0.1) is 0 Å². The number of carbonyl (C=O) groups is 2. The summed E-state index contributed by atoms with van der Waals surface area (Å²) in [6.07, 6.45) is 0. The first-order valence-corrected chi connectivity index (χ1v) is 6.84. The Balaban J connectivity index is 2.55. The van der Waals surface area contributed by atoms with E-state index >= 15 is 0 Å². The van der Waals surface area contributed by atoms with Gasteiger partial charge >= 0.3 is 6.03 Å². The molecule has 6 heteroatoms. The third-order valence-corrected chi connectivity index (χ3v) is 3.39. The zero-order chi connectivity index (χ0) is 14.3. The van der Waals surface area contributed by atoms with E-state index in [1.807, 2.05) is 24.3 Å². The molecule has 0 radical (unpaired) electrons. The fourth-order valence-electron chi connectivity index (χ4n) is 1.35. The number of hydrogen-bond acceptors (Lipinski definition) is 4.